The average Bonchev–Trinajstić information content (AvgIpc) is 2.86. The Balaban J connectivity index is 2.14. The van der Waals surface area contributed by atoms with Gasteiger partial charge in [-0.2, -0.15) is 0 Å². The maximum absolute atomic E-state index is 11.1. The number of thiazole rings is 1. The van der Waals surface area contributed by atoms with Crippen molar-refractivity contribution in [2.45, 2.75) is 26.8 Å². The maximum atomic E-state index is 11.1. The molecule has 100 valence electrons. The first-order valence-corrected chi connectivity index (χ1v) is 7.03. The Bertz CT molecular complexity index is 566. The number of benzene rings is 1. The summed E-state index contributed by atoms with van der Waals surface area (Å²) >= 11 is 1.58. The van der Waals surface area contributed by atoms with Crippen LogP contribution in [0.4, 0.5) is 11.4 Å². The molecule has 19 heavy (non-hydrogen) atoms. The molecule has 0 bridgehead atoms. The normalized spacial score (nSPS) is 11.9. The van der Waals surface area contributed by atoms with Crippen LogP contribution in [0.2, 0.25) is 0 Å². The zero-order chi connectivity index (χ0) is 13.8. The minimum Gasteiger partial charge on any atom is -0.377 e. The third kappa shape index (κ3) is 3.54. The fraction of sp³-hybridized carbons (Fsp3) is 0.286. The first kappa shape index (κ1) is 13.5. The number of aromatic nitrogens is 1. The van der Waals surface area contributed by atoms with E-state index in [0.29, 0.717) is 0 Å². The summed E-state index contributed by atoms with van der Waals surface area (Å²) in [5.74, 6) is -0.0622. The van der Waals surface area contributed by atoms with E-state index in [1.807, 2.05) is 36.0 Å². The quantitative estimate of drug-likeness (QED) is 0.896. The van der Waals surface area contributed by atoms with Crippen LogP contribution in [0.15, 0.2) is 29.1 Å². The standard InChI is InChI=1S/C14H17N3OS/c1-9-4-5-12(6-13(9)17-11(3)18)16-10(2)14-7-19-8-15-14/h4-8,10,16H,1-3H3,(H,17,18). The average molecular weight is 275 g/mol. The number of amides is 1. The van der Waals surface area contributed by atoms with Gasteiger partial charge in [0.05, 0.1) is 17.2 Å². The number of rotatable bonds is 4. The molecule has 0 aliphatic carbocycles. The second-order valence-electron chi connectivity index (χ2n) is 4.49. The highest BCUT2D eigenvalue weighted by molar-refractivity contribution is 7.07. The van der Waals surface area contributed by atoms with Crippen molar-refractivity contribution >= 4 is 28.6 Å². The van der Waals surface area contributed by atoms with Gasteiger partial charge in [0, 0.05) is 23.7 Å². The molecule has 0 saturated carbocycles. The molecule has 1 amide bonds. The van der Waals surface area contributed by atoms with Crippen molar-refractivity contribution in [2.24, 2.45) is 0 Å². The topological polar surface area (TPSA) is 54.0 Å². The van der Waals surface area contributed by atoms with E-state index in [1.54, 1.807) is 11.3 Å². The fourth-order valence-corrected chi connectivity index (χ4v) is 2.44. The molecule has 2 rings (SSSR count). The highest BCUT2D eigenvalue weighted by Crippen LogP contribution is 2.24. The van der Waals surface area contributed by atoms with Crippen LogP contribution < -0.4 is 10.6 Å². The highest BCUT2D eigenvalue weighted by Gasteiger charge is 2.08. The minimum absolute atomic E-state index is 0.0622. The van der Waals surface area contributed by atoms with Gasteiger partial charge in [0.1, 0.15) is 0 Å². The molecular weight excluding hydrogens is 258 g/mol. The van der Waals surface area contributed by atoms with Crippen LogP contribution in [0, 0.1) is 6.92 Å². The van der Waals surface area contributed by atoms with Crippen molar-refractivity contribution in [3.8, 4) is 0 Å². The smallest absolute Gasteiger partial charge is 0.221 e. The van der Waals surface area contributed by atoms with Crippen molar-refractivity contribution in [1.29, 1.82) is 0 Å². The number of hydrogen-bond donors (Lipinski definition) is 2. The van der Waals surface area contributed by atoms with Gasteiger partial charge in [-0.1, -0.05) is 6.07 Å². The summed E-state index contributed by atoms with van der Waals surface area (Å²) in [6.45, 7) is 5.54. The molecule has 1 aromatic heterocycles. The van der Waals surface area contributed by atoms with Gasteiger partial charge >= 0.3 is 0 Å². The molecule has 1 atom stereocenters. The number of aryl methyl sites for hydroxylation is 1. The van der Waals surface area contributed by atoms with Gasteiger partial charge in [-0.05, 0) is 31.5 Å². The van der Waals surface area contributed by atoms with Gasteiger partial charge in [-0.25, -0.2) is 4.98 Å². The van der Waals surface area contributed by atoms with Crippen LogP contribution in [-0.4, -0.2) is 10.9 Å². The summed E-state index contributed by atoms with van der Waals surface area (Å²) in [7, 11) is 0. The van der Waals surface area contributed by atoms with Gasteiger partial charge in [0.25, 0.3) is 0 Å². The van der Waals surface area contributed by atoms with Crippen molar-refractivity contribution < 1.29 is 4.79 Å². The molecule has 1 heterocycles. The largest absolute Gasteiger partial charge is 0.377 e. The third-order valence-electron chi connectivity index (χ3n) is 2.83. The summed E-state index contributed by atoms with van der Waals surface area (Å²) < 4.78 is 0. The first-order valence-electron chi connectivity index (χ1n) is 6.09. The molecule has 0 fully saturated rings. The predicted molar refractivity (Wildman–Crippen MR) is 79.6 cm³/mol. The molecular formula is C14H17N3OS. The van der Waals surface area contributed by atoms with Crippen LogP contribution in [-0.2, 0) is 4.79 Å². The molecule has 1 aromatic carbocycles. The summed E-state index contributed by atoms with van der Waals surface area (Å²) in [4.78, 5) is 15.4. The Hall–Kier alpha value is -1.88. The molecule has 5 heteroatoms. The van der Waals surface area contributed by atoms with E-state index in [0.717, 1.165) is 22.6 Å². The molecule has 0 spiro atoms. The summed E-state index contributed by atoms with van der Waals surface area (Å²) in [5.41, 5.74) is 5.69. The Morgan fingerprint density at radius 1 is 1.42 bits per heavy atom. The van der Waals surface area contributed by atoms with Crippen LogP contribution in [0.1, 0.15) is 31.1 Å². The zero-order valence-corrected chi connectivity index (χ0v) is 12.0. The second kappa shape index (κ2) is 5.84. The van der Waals surface area contributed by atoms with E-state index >= 15 is 0 Å². The van der Waals surface area contributed by atoms with Crippen molar-refractivity contribution in [3.05, 3.63) is 40.3 Å². The lowest BCUT2D eigenvalue weighted by Gasteiger charge is -2.15. The maximum Gasteiger partial charge on any atom is 0.221 e. The second-order valence-corrected chi connectivity index (χ2v) is 5.21. The molecule has 0 saturated heterocycles. The number of nitrogens with one attached hydrogen (secondary N) is 2. The molecule has 0 aliphatic heterocycles. The first-order chi connectivity index (χ1) is 9.06. The lowest BCUT2D eigenvalue weighted by Crippen LogP contribution is -2.10. The molecule has 1 unspecified atom stereocenters. The number of nitrogens with zero attached hydrogens (tertiary/aromatic N) is 1. The van der Waals surface area contributed by atoms with Gasteiger partial charge in [0.15, 0.2) is 0 Å². The van der Waals surface area contributed by atoms with Gasteiger partial charge in [-0.3, -0.25) is 4.79 Å². The Kier molecular flexibility index (Phi) is 4.16. The number of carbonyl (C=O) groups is 1. The third-order valence-corrected chi connectivity index (χ3v) is 3.43. The van der Waals surface area contributed by atoms with E-state index in [2.05, 4.69) is 22.5 Å². The van der Waals surface area contributed by atoms with Gasteiger partial charge in [-0.15, -0.1) is 11.3 Å². The van der Waals surface area contributed by atoms with E-state index < -0.39 is 0 Å². The van der Waals surface area contributed by atoms with Crippen LogP contribution >= 0.6 is 11.3 Å². The lowest BCUT2D eigenvalue weighted by atomic mass is 10.1. The molecule has 0 radical (unpaired) electrons. The fourth-order valence-electron chi connectivity index (χ4n) is 1.80. The monoisotopic (exact) mass is 275 g/mol. The Morgan fingerprint density at radius 2 is 2.21 bits per heavy atom. The molecule has 2 N–H and O–H groups in total. The summed E-state index contributed by atoms with van der Waals surface area (Å²) in [6, 6.07) is 6.07. The molecule has 2 aromatic rings. The number of carbonyl (C=O) groups excluding carboxylic acids is 1. The Labute approximate surface area is 116 Å². The zero-order valence-electron chi connectivity index (χ0n) is 11.2. The van der Waals surface area contributed by atoms with Crippen molar-refractivity contribution in [3.63, 3.8) is 0 Å². The van der Waals surface area contributed by atoms with E-state index in [1.165, 1.54) is 6.92 Å². The van der Waals surface area contributed by atoms with Gasteiger partial charge in [0.2, 0.25) is 5.91 Å². The summed E-state index contributed by atoms with van der Waals surface area (Å²) in [6.07, 6.45) is 0. The number of anilines is 2. The van der Waals surface area contributed by atoms with Crippen LogP contribution in [0.5, 0.6) is 0 Å². The van der Waals surface area contributed by atoms with Crippen molar-refractivity contribution in [1.82, 2.24) is 4.98 Å². The van der Waals surface area contributed by atoms with Gasteiger partial charge < -0.3 is 10.6 Å². The van der Waals surface area contributed by atoms with Crippen LogP contribution in [0.25, 0.3) is 0 Å². The summed E-state index contributed by atoms with van der Waals surface area (Å²) in [5, 5.41) is 8.24. The number of hydrogen-bond acceptors (Lipinski definition) is 4. The minimum atomic E-state index is -0.0622. The van der Waals surface area contributed by atoms with Crippen molar-refractivity contribution in [2.75, 3.05) is 10.6 Å². The van der Waals surface area contributed by atoms with E-state index in [-0.39, 0.29) is 11.9 Å². The highest BCUT2D eigenvalue weighted by atomic mass is 32.1. The van der Waals surface area contributed by atoms with E-state index in [4.69, 9.17) is 0 Å². The molecule has 0 aliphatic rings. The SMILES string of the molecule is CC(=O)Nc1cc(NC(C)c2cscn2)ccc1C. The van der Waals surface area contributed by atoms with E-state index in [9.17, 15) is 4.79 Å². The predicted octanol–water partition coefficient (Wildman–Crippen LogP) is 3.58. The Morgan fingerprint density at radius 3 is 2.84 bits per heavy atom. The lowest BCUT2D eigenvalue weighted by molar-refractivity contribution is -0.114. The van der Waals surface area contributed by atoms with Crippen LogP contribution in [0.3, 0.4) is 0 Å². The molecule has 4 nitrogen and oxygen atoms in total.